The number of hydrogen-bond acceptors (Lipinski definition) is 4. The zero-order valence-corrected chi connectivity index (χ0v) is 8.34. The molecule has 1 aromatic rings. The predicted octanol–water partition coefficient (Wildman–Crippen LogP) is 0.0930. The first kappa shape index (κ1) is 10.7. The summed E-state index contributed by atoms with van der Waals surface area (Å²) in [4.78, 5) is 17.3. The van der Waals surface area contributed by atoms with E-state index in [2.05, 4.69) is 15.3 Å². The molecule has 5 heteroatoms. The van der Waals surface area contributed by atoms with E-state index >= 15 is 0 Å². The minimum atomic E-state index is -0.300. The fourth-order valence-electron chi connectivity index (χ4n) is 1.19. The monoisotopic (exact) mass is 196 g/mol. The Morgan fingerprint density at radius 2 is 2.43 bits per heavy atom. The Morgan fingerprint density at radius 1 is 1.64 bits per heavy atom. The number of aromatic nitrogens is 2. The summed E-state index contributed by atoms with van der Waals surface area (Å²) < 4.78 is 0. The van der Waals surface area contributed by atoms with E-state index in [1.807, 2.05) is 6.92 Å². The molecule has 5 nitrogen and oxygen atoms in total. The van der Waals surface area contributed by atoms with E-state index < -0.39 is 0 Å². The van der Waals surface area contributed by atoms with Crippen molar-refractivity contribution in [2.24, 2.45) is 5.73 Å². The van der Waals surface area contributed by atoms with E-state index in [1.165, 1.54) is 0 Å². The summed E-state index contributed by atoms with van der Waals surface area (Å²) in [5.74, 6) is 0. The lowest BCUT2D eigenvalue weighted by molar-refractivity contribution is 0.864. The zero-order chi connectivity index (χ0) is 10.4. The van der Waals surface area contributed by atoms with Crippen LogP contribution in [0.5, 0.6) is 0 Å². The van der Waals surface area contributed by atoms with Crippen LogP contribution in [-0.4, -0.2) is 23.1 Å². The topological polar surface area (TPSA) is 83.8 Å². The van der Waals surface area contributed by atoms with Crippen LogP contribution < -0.4 is 16.7 Å². The van der Waals surface area contributed by atoms with Gasteiger partial charge < -0.3 is 16.0 Å². The summed E-state index contributed by atoms with van der Waals surface area (Å²) in [7, 11) is 0. The normalized spacial score (nSPS) is 10.1. The maximum Gasteiger partial charge on any atom is 0.345 e. The molecule has 0 atom stereocenters. The van der Waals surface area contributed by atoms with E-state index in [0.29, 0.717) is 6.54 Å². The van der Waals surface area contributed by atoms with Crippen LogP contribution in [0.3, 0.4) is 0 Å². The molecule has 78 valence electrons. The maximum atomic E-state index is 10.9. The van der Waals surface area contributed by atoms with Gasteiger partial charge >= 0.3 is 5.69 Å². The molecule has 0 unspecified atom stereocenters. The number of aryl methyl sites for hydroxylation is 1. The summed E-state index contributed by atoms with van der Waals surface area (Å²) in [6.07, 6.45) is 3.25. The lowest BCUT2D eigenvalue weighted by Crippen LogP contribution is -2.16. The lowest BCUT2D eigenvalue weighted by atomic mass is 10.2. The molecular formula is C9H16N4O. The van der Waals surface area contributed by atoms with Gasteiger partial charge in [-0.25, -0.2) is 4.79 Å². The van der Waals surface area contributed by atoms with Crippen LogP contribution in [0.25, 0.3) is 0 Å². The van der Waals surface area contributed by atoms with Gasteiger partial charge in [0, 0.05) is 12.2 Å². The van der Waals surface area contributed by atoms with E-state index in [9.17, 15) is 4.79 Å². The zero-order valence-electron chi connectivity index (χ0n) is 8.34. The number of hydrogen-bond donors (Lipinski definition) is 3. The molecule has 4 N–H and O–H groups in total. The first-order valence-corrected chi connectivity index (χ1v) is 4.80. The highest BCUT2D eigenvalue weighted by Crippen LogP contribution is 2.08. The highest BCUT2D eigenvalue weighted by Gasteiger charge is 2.00. The fraction of sp³-hybridized carbons (Fsp3) is 0.556. The summed E-state index contributed by atoms with van der Waals surface area (Å²) in [6.45, 7) is 3.45. The molecule has 0 saturated carbocycles. The van der Waals surface area contributed by atoms with Gasteiger partial charge in [0.1, 0.15) is 0 Å². The summed E-state index contributed by atoms with van der Waals surface area (Å²) in [5, 5.41) is 3.18. The van der Waals surface area contributed by atoms with Gasteiger partial charge in [0.2, 0.25) is 0 Å². The van der Waals surface area contributed by atoms with Crippen LogP contribution in [0.2, 0.25) is 0 Å². The Hall–Kier alpha value is -1.36. The largest absolute Gasteiger partial charge is 0.382 e. The van der Waals surface area contributed by atoms with Crippen LogP contribution in [0, 0.1) is 0 Å². The van der Waals surface area contributed by atoms with Crippen molar-refractivity contribution in [1.82, 2.24) is 9.97 Å². The molecule has 0 saturated heterocycles. The summed E-state index contributed by atoms with van der Waals surface area (Å²) >= 11 is 0. The Balaban J connectivity index is 2.70. The average Bonchev–Trinajstić information content (AvgIpc) is 2.20. The highest BCUT2D eigenvalue weighted by atomic mass is 16.1. The van der Waals surface area contributed by atoms with Gasteiger partial charge in [-0.2, -0.15) is 4.98 Å². The van der Waals surface area contributed by atoms with Gasteiger partial charge in [-0.3, -0.25) is 0 Å². The summed E-state index contributed by atoms with van der Waals surface area (Å²) in [5.41, 5.74) is 6.85. The third-order valence-corrected chi connectivity index (χ3v) is 1.94. The molecule has 0 bridgehead atoms. The van der Waals surface area contributed by atoms with Crippen LogP contribution in [0.4, 0.5) is 5.69 Å². The van der Waals surface area contributed by atoms with Crippen molar-refractivity contribution >= 4 is 5.69 Å². The molecule has 0 aliphatic rings. The minimum Gasteiger partial charge on any atom is -0.382 e. The molecule has 1 rings (SSSR count). The van der Waals surface area contributed by atoms with E-state index in [1.54, 1.807) is 6.20 Å². The number of nitrogens with zero attached hydrogens (tertiary/aromatic N) is 1. The predicted molar refractivity (Wildman–Crippen MR) is 56.4 cm³/mol. The molecular weight excluding hydrogens is 180 g/mol. The standard InChI is InChI=1S/C9H16N4O/c1-2-7-8(11-5-3-4-10)6-12-9(14)13-7/h6,11H,2-5,10H2,1H3,(H,12,13,14). The van der Waals surface area contributed by atoms with Crippen molar-refractivity contribution < 1.29 is 0 Å². The molecule has 0 aliphatic carbocycles. The maximum absolute atomic E-state index is 10.9. The Labute approximate surface area is 82.7 Å². The van der Waals surface area contributed by atoms with Crippen molar-refractivity contribution in [1.29, 1.82) is 0 Å². The van der Waals surface area contributed by atoms with Crippen molar-refractivity contribution in [3.8, 4) is 0 Å². The van der Waals surface area contributed by atoms with Crippen molar-refractivity contribution in [3.63, 3.8) is 0 Å². The number of nitrogens with one attached hydrogen (secondary N) is 2. The molecule has 0 radical (unpaired) electrons. The highest BCUT2D eigenvalue weighted by molar-refractivity contribution is 5.45. The molecule has 0 aromatic carbocycles. The van der Waals surface area contributed by atoms with Gasteiger partial charge in [-0.1, -0.05) is 6.92 Å². The number of rotatable bonds is 5. The average molecular weight is 196 g/mol. The SMILES string of the molecule is CCc1[nH]c(=O)ncc1NCCCN. The number of nitrogens with two attached hydrogens (primary N) is 1. The van der Waals surface area contributed by atoms with E-state index in [0.717, 1.165) is 30.8 Å². The van der Waals surface area contributed by atoms with Gasteiger partial charge in [0.15, 0.2) is 0 Å². The molecule has 14 heavy (non-hydrogen) atoms. The van der Waals surface area contributed by atoms with Crippen LogP contribution >= 0.6 is 0 Å². The Kier molecular flexibility index (Phi) is 4.12. The summed E-state index contributed by atoms with van der Waals surface area (Å²) in [6, 6.07) is 0. The van der Waals surface area contributed by atoms with E-state index in [-0.39, 0.29) is 5.69 Å². The molecule has 0 spiro atoms. The first-order chi connectivity index (χ1) is 6.77. The smallest absolute Gasteiger partial charge is 0.345 e. The van der Waals surface area contributed by atoms with Gasteiger partial charge in [0.25, 0.3) is 0 Å². The van der Waals surface area contributed by atoms with Crippen LogP contribution in [0.1, 0.15) is 19.0 Å². The third-order valence-electron chi connectivity index (χ3n) is 1.94. The number of anilines is 1. The van der Waals surface area contributed by atoms with Crippen LogP contribution in [-0.2, 0) is 6.42 Å². The second kappa shape index (κ2) is 5.39. The Bertz CT molecular complexity index is 334. The molecule has 0 fully saturated rings. The van der Waals surface area contributed by atoms with Crippen molar-refractivity contribution in [2.45, 2.75) is 19.8 Å². The van der Waals surface area contributed by atoms with Gasteiger partial charge in [-0.05, 0) is 19.4 Å². The van der Waals surface area contributed by atoms with E-state index in [4.69, 9.17) is 5.73 Å². The van der Waals surface area contributed by atoms with Crippen LogP contribution in [0.15, 0.2) is 11.0 Å². The number of aromatic amines is 1. The first-order valence-electron chi connectivity index (χ1n) is 4.80. The quantitative estimate of drug-likeness (QED) is 0.583. The second-order valence-electron chi connectivity index (χ2n) is 3.00. The van der Waals surface area contributed by atoms with Crippen molar-refractivity contribution in [3.05, 3.63) is 22.4 Å². The Morgan fingerprint density at radius 3 is 3.07 bits per heavy atom. The second-order valence-corrected chi connectivity index (χ2v) is 3.00. The van der Waals surface area contributed by atoms with Gasteiger partial charge in [0.05, 0.1) is 11.9 Å². The molecule has 0 amide bonds. The molecule has 0 aliphatic heterocycles. The number of H-pyrrole nitrogens is 1. The molecule has 1 heterocycles. The lowest BCUT2D eigenvalue weighted by Gasteiger charge is -2.08. The fourth-order valence-corrected chi connectivity index (χ4v) is 1.19. The van der Waals surface area contributed by atoms with Crippen molar-refractivity contribution in [2.75, 3.05) is 18.4 Å². The third kappa shape index (κ3) is 2.85. The minimum absolute atomic E-state index is 0.300. The molecule has 1 aromatic heterocycles. The van der Waals surface area contributed by atoms with Gasteiger partial charge in [-0.15, -0.1) is 0 Å².